The fourth-order valence-corrected chi connectivity index (χ4v) is 0.966. The van der Waals surface area contributed by atoms with Gasteiger partial charge in [0.2, 0.25) is 6.54 Å². The molecule has 1 rings (SSSR count). The minimum Gasteiger partial charge on any atom is -0.319 e. The van der Waals surface area contributed by atoms with Gasteiger partial charge in [-0.1, -0.05) is 30.3 Å². The lowest BCUT2D eigenvalue weighted by atomic mass is 10.1. The van der Waals surface area contributed by atoms with E-state index in [1.807, 2.05) is 18.2 Å². The average molecular weight is 166 g/mol. The molecule has 2 N–H and O–H groups in total. The number of rotatable bonds is 3. The second-order valence-electron chi connectivity index (χ2n) is 2.53. The quantitative estimate of drug-likeness (QED) is 0.537. The van der Waals surface area contributed by atoms with E-state index in [2.05, 4.69) is 0 Å². The van der Waals surface area contributed by atoms with Gasteiger partial charge in [-0.3, -0.25) is 10.1 Å². The Hall–Kier alpha value is -1.42. The molecule has 0 radical (unpaired) electrons. The zero-order valence-corrected chi connectivity index (χ0v) is 6.51. The van der Waals surface area contributed by atoms with Crippen molar-refractivity contribution in [3.05, 3.63) is 46.0 Å². The molecule has 64 valence electrons. The van der Waals surface area contributed by atoms with Crippen molar-refractivity contribution in [3.8, 4) is 0 Å². The summed E-state index contributed by atoms with van der Waals surface area (Å²) in [6, 6.07) is 8.55. The van der Waals surface area contributed by atoms with Crippen molar-refractivity contribution in [2.24, 2.45) is 5.73 Å². The molecule has 0 aliphatic heterocycles. The van der Waals surface area contributed by atoms with Crippen LogP contribution in [0.25, 0.3) is 0 Å². The summed E-state index contributed by atoms with van der Waals surface area (Å²) in [5.74, 6) is 0. The largest absolute Gasteiger partial charge is 0.319 e. The molecule has 0 unspecified atom stereocenters. The Balaban J connectivity index is 2.65. The highest BCUT2D eigenvalue weighted by Crippen LogP contribution is 2.08. The smallest absolute Gasteiger partial charge is 0.222 e. The molecule has 4 heteroatoms. The highest BCUT2D eigenvalue weighted by molar-refractivity contribution is 5.18. The number of nitrogens with zero attached hydrogens (tertiary/aromatic N) is 1. The van der Waals surface area contributed by atoms with Gasteiger partial charge in [0.15, 0.2) is 0 Å². The van der Waals surface area contributed by atoms with Crippen LogP contribution in [-0.2, 0) is 0 Å². The third kappa shape index (κ3) is 2.32. The van der Waals surface area contributed by atoms with Gasteiger partial charge in [-0.15, -0.1) is 0 Å². The zero-order chi connectivity index (χ0) is 8.97. The van der Waals surface area contributed by atoms with Crippen LogP contribution in [0.1, 0.15) is 11.6 Å². The van der Waals surface area contributed by atoms with E-state index >= 15 is 0 Å². The van der Waals surface area contributed by atoms with E-state index in [4.69, 9.17) is 5.73 Å². The van der Waals surface area contributed by atoms with Crippen molar-refractivity contribution >= 4 is 0 Å². The van der Waals surface area contributed by atoms with Gasteiger partial charge in [0.1, 0.15) is 0 Å². The first-order valence-corrected chi connectivity index (χ1v) is 3.62. The first-order valence-electron chi connectivity index (χ1n) is 3.62. The van der Waals surface area contributed by atoms with Gasteiger partial charge in [0.05, 0.1) is 6.04 Å². The normalized spacial score (nSPS) is 12.4. The van der Waals surface area contributed by atoms with E-state index in [0.717, 1.165) is 5.56 Å². The van der Waals surface area contributed by atoms with Crippen LogP contribution in [0.15, 0.2) is 30.3 Å². The first-order chi connectivity index (χ1) is 5.70. The van der Waals surface area contributed by atoms with Crippen molar-refractivity contribution in [1.29, 1.82) is 0 Å². The van der Waals surface area contributed by atoms with Crippen molar-refractivity contribution in [1.82, 2.24) is 0 Å². The topological polar surface area (TPSA) is 69.2 Å². The summed E-state index contributed by atoms with van der Waals surface area (Å²) in [6.07, 6.45) is 0. The molecule has 0 saturated carbocycles. The SMILES string of the molecule is N[C@@H](C[N+](=O)[O-])c1ccccc1. The molecule has 0 aliphatic rings. The van der Waals surface area contributed by atoms with Crippen LogP contribution in [0.2, 0.25) is 0 Å². The Labute approximate surface area is 70.2 Å². The summed E-state index contributed by atoms with van der Waals surface area (Å²) in [5, 5.41) is 10.1. The summed E-state index contributed by atoms with van der Waals surface area (Å²) in [4.78, 5) is 9.70. The molecule has 1 atom stereocenters. The van der Waals surface area contributed by atoms with Crippen LogP contribution >= 0.6 is 0 Å². The number of hydrogen-bond donors (Lipinski definition) is 1. The van der Waals surface area contributed by atoms with Gasteiger partial charge in [-0.25, -0.2) is 0 Å². The number of benzene rings is 1. The third-order valence-electron chi connectivity index (χ3n) is 1.57. The van der Waals surface area contributed by atoms with E-state index in [1.54, 1.807) is 12.1 Å². The standard InChI is InChI=1S/C8H10N2O2/c9-8(6-10(11)12)7-4-2-1-3-5-7/h1-5,8H,6,9H2/t8-/m0/s1. The fraction of sp³-hybridized carbons (Fsp3) is 0.250. The van der Waals surface area contributed by atoms with E-state index in [1.165, 1.54) is 0 Å². The van der Waals surface area contributed by atoms with Crippen LogP contribution in [0.4, 0.5) is 0 Å². The molecule has 0 saturated heterocycles. The van der Waals surface area contributed by atoms with Gasteiger partial charge >= 0.3 is 0 Å². The average Bonchev–Trinajstić information content (AvgIpc) is 2.05. The lowest BCUT2D eigenvalue weighted by Gasteiger charge is -2.05. The minimum atomic E-state index is -0.499. The third-order valence-corrected chi connectivity index (χ3v) is 1.57. The van der Waals surface area contributed by atoms with Gasteiger partial charge in [0, 0.05) is 4.92 Å². The maximum absolute atomic E-state index is 10.1. The molecule has 12 heavy (non-hydrogen) atoms. The molecule has 0 amide bonds. The van der Waals surface area contributed by atoms with Gasteiger partial charge in [0.25, 0.3) is 0 Å². The number of nitro groups is 1. The summed E-state index contributed by atoms with van der Waals surface area (Å²) in [6.45, 7) is -0.218. The molecule has 1 aromatic rings. The summed E-state index contributed by atoms with van der Waals surface area (Å²) in [7, 11) is 0. The number of nitrogens with two attached hydrogens (primary N) is 1. The Bertz CT molecular complexity index is 261. The van der Waals surface area contributed by atoms with Gasteiger partial charge in [-0.05, 0) is 5.56 Å². The van der Waals surface area contributed by atoms with E-state index < -0.39 is 11.0 Å². The molecule has 0 spiro atoms. The predicted octanol–water partition coefficient (Wildman–Crippen LogP) is 0.963. The predicted molar refractivity (Wildman–Crippen MR) is 45.2 cm³/mol. The summed E-state index contributed by atoms with van der Waals surface area (Å²) in [5.41, 5.74) is 6.35. The van der Waals surface area contributed by atoms with Crippen molar-refractivity contribution in [2.45, 2.75) is 6.04 Å². The second-order valence-corrected chi connectivity index (χ2v) is 2.53. The lowest BCUT2D eigenvalue weighted by molar-refractivity contribution is -0.483. The molecule has 0 bridgehead atoms. The summed E-state index contributed by atoms with van der Waals surface area (Å²) < 4.78 is 0. The maximum atomic E-state index is 10.1. The van der Waals surface area contributed by atoms with E-state index in [0.29, 0.717) is 0 Å². The highest BCUT2D eigenvalue weighted by Gasteiger charge is 2.10. The van der Waals surface area contributed by atoms with Crippen molar-refractivity contribution in [2.75, 3.05) is 6.54 Å². The van der Waals surface area contributed by atoms with Crippen LogP contribution in [0.5, 0.6) is 0 Å². The van der Waals surface area contributed by atoms with Crippen molar-refractivity contribution in [3.63, 3.8) is 0 Å². The zero-order valence-electron chi connectivity index (χ0n) is 6.51. The highest BCUT2D eigenvalue weighted by atomic mass is 16.6. The number of hydrogen-bond acceptors (Lipinski definition) is 3. The summed E-state index contributed by atoms with van der Waals surface area (Å²) >= 11 is 0. The van der Waals surface area contributed by atoms with Gasteiger partial charge < -0.3 is 5.73 Å². The Morgan fingerprint density at radius 3 is 2.50 bits per heavy atom. The Morgan fingerprint density at radius 2 is 2.00 bits per heavy atom. The van der Waals surface area contributed by atoms with E-state index in [9.17, 15) is 10.1 Å². The van der Waals surface area contributed by atoms with Crippen molar-refractivity contribution < 1.29 is 4.92 Å². The fourth-order valence-electron chi connectivity index (χ4n) is 0.966. The van der Waals surface area contributed by atoms with Crippen LogP contribution in [0, 0.1) is 10.1 Å². The van der Waals surface area contributed by atoms with Crippen LogP contribution < -0.4 is 5.73 Å². The first kappa shape index (κ1) is 8.67. The molecular formula is C8H10N2O2. The molecule has 0 fully saturated rings. The Kier molecular flexibility index (Phi) is 2.76. The van der Waals surface area contributed by atoms with Crippen LogP contribution in [0.3, 0.4) is 0 Å². The maximum Gasteiger partial charge on any atom is 0.222 e. The molecule has 0 aliphatic carbocycles. The minimum absolute atomic E-state index is 0.218. The van der Waals surface area contributed by atoms with E-state index in [-0.39, 0.29) is 6.54 Å². The molecule has 1 aromatic carbocycles. The Morgan fingerprint density at radius 1 is 1.42 bits per heavy atom. The monoisotopic (exact) mass is 166 g/mol. The molecular weight excluding hydrogens is 156 g/mol. The second kappa shape index (κ2) is 3.82. The van der Waals surface area contributed by atoms with Gasteiger partial charge in [-0.2, -0.15) is 0 Å². The molecule has 4 nitrogen and oxygen atoms in total. The molecule has 0 heterocycles. The van der Waals surface area contributed by atoms with Crippen LogP contribution in [-0.4, -0.2) is 11.5 Å². The lowest BCUT2D eigenvalue weighted by Crippen LogP contribution is -2.20. The molecule has 0 aromatic heterocycles.